The molecule has 6 heteroatoms. The van der Waals surface area contributed by atoms with Crippen molar-refractivity contribution in [1.82, 2.24) is 0 Å². The Balaban J connectivity index is 2.15. The average molecular weight is 307 g/mol. The van der Waals surface area contributed by atoms with Crippen LogP contribution in [0, 0.1) is 10.1 Å². The van der Waals surface area contributed by atoms with Gasteiger partial charge in [-0.05, 0) is 31.2 Å². The van der Waals surface area contributed by atoms with Crippen molar-refractivity contribution in [1.29, 1.82) is 0 Å². The Kier molecular flexibility index (Phi) is 3.31. The van der Waals surface area contributed by atoms with E-state index >= 15 is 0 Å². The second-order valence-corrected chi connectivity index (χ2v) is 5.89. The molecular weight excluding hydrogens is 296 g/mol. The van der Waals surface area contributed by atoms with Crippen LogP contribution in [0.5, 0.6) is 0 Å². The molecule has 0 fully saturated rings. The Morgan fingerprint density at radius 2 is 1.85 bits per heavy atom. The number of anilines is 2. The monoisotopic (exact) mass is 306 g/mol. The van der Waals surface area contributed by atoms with Gasteiger partial charge in [-0.25, -0.2) is 0 Å². The van der Waals surface area contributed by atoms with Gasteiger partial charge in [-0.2, -0.15) is 0 Å². The van der Waals surface area contributed by atoms with Crippen molar-refractivity contribution < 1.29 is 4.92 Å². The zero-order valence-corrected chi connectivity index (χ0v) is 12.2. The van der Waals surface area contributed by atoms with Crippen LogP contribution in [0.25, 0.3) is 0 Å². The second kappa shape index (κ2) is 5.00. The molecule has 0 N–H and O–H groups in total. The van der Waals surface area contributed by atoms with Crippen LogP contribution in [0.4, 0.5) is 17.1 Å². The molecule has 20 heavy (non-hydrogen) atoms. The summed E-state index contributed by atoms with van der Waals surface area (Å²) in [5.41, 5.74) is 2.19. The molecular formula is C14H11ClN2O2S. The molecule has 3 rings (SSSR count). The number of nitro benzene ring substituents is 1. The first kappa shape index (κ1) is 13.3. The number of benzene rings is 2. The minimum absolute atomic E-state index is 0.109. The summed E-state index contributed by atoms with van der Waals surface area (Å²) in [5.74, 6) is 0. The fourth-order valence-corrected chi connectivity index (χ4v) is 3.71. The highest BCUT2D eigenvalue weighted by Gasteiger charge is 2.24. The summed E-state index contributed by atoms with van der Waals surface area (Å²) in [6, 6.07) is 10.7. The van der Waals surface area contributed by atoms with Gasteiger partial charge in [0.05, 0.1) is 16.3 Å². The number of halogens is 1. The van der Waals surface area contributed by atoms with E-state index in [1.807, 2.05) is 24.3 Å². The Morgan fingerprint density at radius 1 is 1.20 bits per heavy atom. The van der Waals surface area contributed by atoms with E-state index in [2.05, 4.69) is 11.8 Å². The van der Waals surface area contributed by atoms with Crippen LogP contribution >= 0.6 is 23.4 Å². The molecule has 0 spiro atoms. The minimum Gasteiger partial charge on any atom is -0.340 e. The molecule has 1 aliphatic rings. The Hall–Kier alpha value is -1.72. The summed E-state index contributed by atoms with van der Waals surface area (Å²) in [7, 11) is 0. The van der Waals surface area contributed by atoms with Crippen molar-refractivity contribution in [2.45, 2.75) is 16.7 Å². The molecule has 1 aliphatic heterocycles. The first-order chi connectivity index (χ1) is 9.60. The lowest BCUT2D eigenvalue weighted by atomic mass is 10.2. The molecule has 0 radical (unpaired) electrons. The molecule has 0 bridgehead atoms. The van der Waals surface area contributed by atoms with E-state index in [1.165, 1.54) is 11.8 Å². The van der Waals surface area contributed by atoms with E-state index in [9.17, 15) is 10.1 Å². The van der Waals surface area contributed by atoms with Crippen LogP contribution in [-0.4, -0.2) is 11.5 Å². The van der Waals surface area contributed by atoms with Gasteiger partial charge in [0.2, 0.25) is 0 Å². The second-order valence-electron chi connectivity index (χ2n) is 4.37. The quantitative estimate of drug-likeness (QED) is 0.586. The molecule has 0 unspecified atom stereocenters. The summed E-state index contributed by atoms with van der Waals surface area (Å²) in [6.45, 7) is 2.85. The molecule has 0 aliphatic carbocycles. The number of hydrogen-bond donors (Lipinski definition) is 0. The molecule has 0 atom stereocenters. The van der Waals surface area contributed by atoms with Gasteiger partial charge in [-0.3, -0.25) is 10.1 Å². The van der Waals surface area contributed by atoms with Crippen LogP contribution in [0.1, 0.15) is 6.92 Å². The van der Waals surface area contributed by atoms with Gasteiger partial charge in [0.15, 0.2) is 0 Å². The predicted molar refractivity (Wildman–Crippen MR) is 81.4 cm³/mol. The molecule has 0 saturated carbocycles. The zero-order chi connectivity index (χ0) is 14.3. The summed E-state index contributed by atoms with van der Waals surface area (Å²) >= 11 is 7.55. The smallest absolute Gasteiger partial charge is 0.270 e. The maximum Gasteiger partial charge on any atom is 0.270 e. The summed E-state index contributed by atoms with van der Waals surface area (Å²) in [5, 5.41) is 11.6. The van der Waals surface area contributed by atoms with Gasteiger partial charge in [-0.1, -0.05) is 23.4 Å². The highest BCUT2D eigenvalue weighted by Crippen LogP contribution is 2.49. The number of nitrogens with zero attached hydrogens (tertiary/aromatic N) is 2. The lowest BCUT2D eigenvalue weighted by Crippen LogP contribution is -2.19. The normalized spacial score (nSPS) is 12.8. The average Bonchev–Trinajstić information content (AvgIpc) is 2.43. The number of non-ortho nitro benzene ring substituents is 1. The lowest BCUT2D eigenvalue weighted by Gasteiger charge is -2.31. The van der Waals surface area contributed by atoms with Gasteiger partial charge in [0.25, 0.3) is 5.69 Å². The number of fused-ring (bicyclic) bond motifs is 2. The fraction of sp³-hybridized carbons (Fsp3) is 0.143. The highest BCUT2D eigenvalue weighted by atomic mass is 35.5. The van der Waals surface area contributed by atoms with E-state index in [4.69, 9.17) is 11.6 Å². The molecule has 102 valence electrons. The topological polar surface area (TPSA) is 46.4 Å². The Bertz CT molecular complexity index is 706. The Morgan fingerprint density at radius 3 is 2.50 bits per heavy atom. The van der Waals surface area contributed by atoms with Gasteiger partial charge in [0, 0.05) is 33.5 Å². The zero-order valence-electron chi connectivity index (χ0n) is 10.7. The fourth-order valence-electron chi connectivity index (χ4n) is 2.30. The molecule has 2 aromatic rings. The standard InChI is InChI=1S/C14H11ClN2O2S/c1-2-16-11-5-3-9(15)7-13(11)20-14-8-10(17(18)19)4-6-12(14)16/h3-8H,2H2,1H3. The van der Waals surface area contributed by atoms with Gasteiger partial charge in [-0.15, -0.1) is 0 Å². The van der Waals surface area contributed by atoms with Gasteiger partial charge >= 0.3 is 0 Å². The number of hydrogen-bond acceptors (Lipinski definition) is 4. The SMILES string of the molecule is CCN1c2ccc(Cl)cc2Sc2cc([N+](=O)[O-])ccc21. The van der Waals surface area contributed by atoms with Crippen molar-refractivity contribution in [3.63, 3.8) is 0 Å². The van der Waals surface area contributed by atoms with Crippen LogP contribution in [0.3, 0.4) is 0 Å². The van der Waals surface area contributed by atoms with E-state index in [1.54, 1.807) is 12.1 Å². The van der Waals surface area contributed by atoms with E-state index < -0.39 is 0 Å². The van der Waals surface area contributed by atoms with Gasteiger partial charge < -0.3 is 4.90 Å². The summed E-state index contributed by atoms with van der Waals surface area (Å²) in [4.78, 5) is 14.6. The summed E-state index contributed by atoms with van der Waals surface area (Å²) < 4.78 is 0. The number of rotatable bonds is 2. The van der Waals surface area contributed by atoms with Gasteiger partial charge in [0.1, 0.15) is 0 Å². The maximum absolute atomic E-state index is 10.9. The number of nitro groups is 1. The van der Waals surface area contributed by atoms with Crippen LogP contribution in [-0.2, 0) is 0 Å². The molecule has 1 heterocycles. The van der Waals surface area contributed by atoms with Crippen molar-refractivity contribution in [2.24, 2.45) is 0 Å². The molecule has 0 amide bonds. The third kappa shape index (κ3) is 2.13. The first-order valence-corrected chi connectivity index (χ1v) is 7.33. The van der Waals surface area contributed by atoms with E-state index in [0.29, 0.717) is 5.02 Å². The van der Waals surface area contributed by atoms with Crippen molar-refractivity contribution in [3.05, 3.63) is 51.5 Å². The van der Waals surface area contributed by atoms with E-state index in [0.717, 1.165) is 27.7 Å². The highest BCUT2D eigenvalue weighted by molar-refractivity contribution is 7.99. The molecule has 4 nitrogen and oxygen atoms in total. The largest absolute Gasteiger partial charge is 0.340 e. The van der Waals surface area contributed by atoms with Crippen molar-refractivity contribution in [3.8, 4) is 0 Å². The van der Waals surface area contributed by atoms with Crippen molar-refractivity contribution >= 4 is 40.4 Å². The molecule has 2 aromatic carbocycles. The lowest BCUT2D eigenvalue weighted by molar-refractivity contribution is -0.385. The maximum atomic E-state index is 10.9. The van der Waals surface area contributed by atoms with Crippen LogP contribution < -0.4 is 4.90 Å². The first-order valence-electron chi connectivity index (χ1n) is 6.13. The van der Waals surface area contributed by atoms with E-state index in [-0.39, 0.29) is 10.6 Å². The molecule has 0 saturated heterocycles. The Labute approximate surface area is 125 Å². The van der Waals surface area contributed by atoms with Crippen molar-refractivity contribution in [2.75, 3.05) is 11.4 Å². The predicted octanol–water partition coefficient (Wildman–Crippen LogP) is 4.87. The summed E-state index contributed by atoms with van der Waals surface area (Å²) in [6.07, 6.45) is 0. The third-order valence-corrected chi connectivity index (χ3v) is 4.52. The minimum atomic E-state index is -0.370. The van der Waals surface area contributed by atoms with Crippen LogP contribution in [0.2, 0.25) is 5.02 Å². The third-order valence-electron chi connectivity index (χ3n) is 3.19. The van der Waals surface area contributed by atoms with Crippen LogP contribution in [0.15, 0.2) is 46.2 Å². The molecule has 0 aromatic heterocycles.